The van der Waals surface area contributed by atoms with E-state index in [0.29, 0.717) is 5.92 Å². The van der Waals surface area contributed by atoms with Gasteiger partial charge in [-0.05, 0) is 85.1 Å². The van der Waals surface area contributed by atoms with E-state index in [0.717, 1.165) is 18.3 Å². The summed E-state index contributed by atoms with van der Waals surface area (Å²) in [5.74, 6) is 2.36. The van der Waals surface area contributed by atoms with E-state index in [1.807, 2.05) is 27.7 Å². The van der Waals surface area contributed by atoms with Crippen LogP contribution in [0.25, 0.3) is 10.8 Å². The van der Waals surface area contributed by atoms with E-state index in [1.165, 1.54) is 78.0 Å². The van der Waals surface area contributed by atoms with Crippen LogP contribution < -0.4 is 0 Å². The molecule has 1 saturated carbocycles. The fraction of sp³-hybridized carbons (Fsp3) is 0.514. The highest BCUT2D eigenvalue weighted by atomic mass is 14.3. The Morgan fingerprint density at radius 3 is 1.92 bits per heavy atom. The SMILES string of the molecule is C=C(C(C)Cc1ccc(CCC)cc1)C1CCC(CC)CC1.CC.CC.Cc1ccc2ccccc2c1. The zero-order chi connectivity index (χ0) is 27.6. The van der Waals surface area contributed by atoms with Gasteiger partial charge in [0.05, 0.1) is 0 Å². The van der Waals surface area contributed by atoms with Crippen molar-refractivity contribution < 1.29 is 0 Å². The number of aryl methyl sites for hydroxylation is 2. The molecule has 0 saturated heterocycles. The Labute approximate surface area is 230 Å². The summed E-state index contributed by atoms with van der Waals surface area (Å²) in [4.78, 5) is 0. The van der Waals surface area contributed by atoms with Crippen LogP contribution in [0.2, 0.25) is 0 Å². The molecule has 0 nitrogen and oxygen atoms in total. The summed E-state index contributed by atoms with van der Waals surface area (Å²) >= 11 is 0. The van der Waals surface area contributed by atoms with E-state index in [4.69, 9.17) is 0 Å². The van der Waals surface area contributed by atoms with Gasteiger partial charge in [-0.3, -0.25) is 0 Å². The van der Waals surface area contributed by atoms with Crippen LogP contribution in [0.5, 0.6) is 0 Å². The zero-order valence-electron chi connectivity index (χ0n) is 25.4. The normalized spacial score (nSPS) is 17.2. The van der Waals surface area contributed by atoms with Gasteiger partial charge in [0, 0.05) is 0 Å². The van der Waals surface area contributed by atoms with E-state index in [1.54, 1.807) is 0 Å². The zero-order valence-corrected chi connectivity index (χ0v) is 25.4. The first-order valence-corrected chi connectivity index (χ1v) is 15.2. The van der Waals surface area contributed by atoms with E-state index in [9.17, 15) is 0 Å². The largest absolute Gasteiger partial charge is 0.0993 e. The maximum Gasteiger partial charge on any atom is -0.0181 e. The molecule has 0 spiro atoms. The van der Waals surface area contributed by atoms with Crippen molar-refractivity contribution in [2.24, 2.45) is 17.8 Å². The number of allylic oxidation sites excluding steroid dienone is 1. The molecule has 4 rings (SSSR count). The Balaban J connectivity index is 0.000000380. The fourth-order valence-corrected chi connectivity index (χ4v) is 5.27. The molecule has 1 atom stereocenters. The molecule has 37 heavy (non-hydrogen) atoms. The summed E-state index contributed by atoms with van der Waals surface area (Å²) in [6.45, 7) is 21.5. The van der Waals surface area contributed by atoms with E-state index >= 15 is 0 Å². The molecule has 0 amide bonds. The second-order valence-electron chi connectivity index (χ2n) is 10.2. The lowest BCUT2D eigenvalue weighted by molar-refractivity contribution is 0.284. The van der Waals surface area contributed by atoms with Gasteiger partial charge in [0.15, 0.2) is 0 Å². The quantitative estimate of drug-likeness (QED) is 0.283. The third-order valence-electron chi connectivity index (χ3n) is 7.59. The second-order valence-corrected chi connectivity index (χ2v) is 10.2. The summed E-state index contributed by atoms with van der Waals surface area (Å²) < 4.78 is 0. The first-order valence-electron chi connectivity index (χ1n) is 15.2. The van der Waals surface area contributed by atoms with Crippen molar-refractivity contribution in [1.29, 1.82) is 0 Å². The highest BCUT2D eigenvalue weighted by molar-refractivity contribution is 5.82. The topological polar surface area (TPSA) is 0 Å². The van der Waals surface area contributed by atoms with E-state index in [2.05, 4.69) is 101 Å². The van der Waals surface area contributed by atoms with Gasteiger partial charge in [-0.1, -0.05) is 146 Å². The molecular formula is C37H56. The maximum atomic E-state index is 4.47. The highest BCUT2D eigenvalue weighted by Gasteiger charge is 2.24. The van der Waals surface area contributed by atoms with Crippen molar-refractivity contribution in [2.75, 3.05) is 0 Å². The summed E-state index contributed by atoms with van der Waals surface area (Å²) in [6, 6.07) is 24.2. The molecule has 0 heterocycles. The van der Waals surface area contributed by atoms with Gasteiger partial charge in [0.1, 0.15) is 0 Å². The second kappa shape index (κ2) is 18.8. The van der Waals surface area contributed by atoms with Gasteiger partial charge in [0.25, 0.3) is 0 Å². The molecule has 0 bridgehead atoms. The molecular weight excluding hydrogens is 444 g/mol. The Hall–Kier alpha value is -2.34. The third-order valence-corrected chi connectivity index (χ3v) is 7.59. The van der Waals surface area contributed by atoms with Crippen molar-refractivity contribution in [2.45, 2.75) is 107 Å². The van der Waals surface area contributed by atoms with E-state index < -0.39 is 0 Å². The molecule has 0 aromatic heterocycles. The number of hydrogen-bond donors (Lipinski definition) is 0. The molecule has 0 N–H and O–H groups in total. The smallest absolute Gasteiger partial charge is 0.0181 e. The van der Waals surface area contributed by atoms with Crippen LogP contribution in [0.1, 0.15) is 104 Å². The summed E-state index contributed by atoms with van der Waals surface area (Å²) in [5, 5.41) is 2.64. The van der Waals surface area contributed by atoms with Crippen molar-refractivity contribution >= 4 is 10.8 Å². The van der Waals surface area contributed by atoms with Crippen molar-refractivity contribution in [1.82, 2.24) is 0 Å². The number of benzene rings is 3. The lowest BCUT2D eigenvalue weighted by Gasteiger charge is -2.31. The lowest BCUT2D eigenvalue weighted by Crippen LogP contribution is -2.19. The Bertz CT molecular complexity index is 986. The molecule has 0 aliphatic heterocycles. The van der Waals surface area contributed by atoms with Gasteiger partial charge in [-0.25, -0.2) is 0 Å². The first kappa shape index (κ1) is 32.7. The highest BCUT2D eigenvalue weighted by Crippen LogP contribution is 2.37. The van der Waals surface area contributed by atoms with Crippen LogP contribution >= 0.6 is 0 Å². The average Bonchev–Trinajstić information content (AvgIpc) is 2.96. The van der Waals surface area contributed by atoms with Crippen LogP contribution in [0.4, 0.5) is 0 Å². The van der Waals surface area contributed by atoms with Crippen LogP contribution in [-0.4, -0.2) is 0 Å². The maximum absolute atomic E-state index is 4.47. The monoisotopic (exact) mass is 500 g/mol. The molecule has 1 aliphatic carbocycles. The summed E-state index contributed by atoms with van der Waals surface area (Å²) in [5.41, 5.74) is 5.77. The summed E-state index contributed by atoms with van der Waals surface area (Å²) in [7, 11) is 0. The van der Waals surface area contributed by atoms with Gasteiger partial charge >= 0.3 is 0 Å². The Morgan fingerprint density at radius 2 is 1.35 bits per heavy atom. The van der Waals surface area contributed by atoms with Crippen molar-refractivity contribution in [3.8, 4) is 0 Å². The molecule has 1 fully saturated rings. The number of hydrogen-bond acceptors (Lipinski definition) is 0. The minimum Gasteiger partial charge on any atom is -0.0993 e. The predicted molar refractivity (Wildman–Crippen MR) is 170 cm³/mol. The minimum atomic E-state index is 0.611. The summed E-state index contributed by atoms with van der Waals surface area (Å²) in [6.07, 6.45) is 10.5. The fourth-order valence-electron chi connectivity index (χ4n) is 5.27. The van der Waals surface area contributed by atoms with Crippen LogP contribution in [0, 0.1) is 24.7 Å². The predicted octanol–water partition coefficient (Wildman–Crippen LogP) is 11.8. The molecule has 0 radical (unpaired) electrons. The van der Waals surface area contributed by atoms with Crippen LogP contribution in [-0.2, 0) is 12.8 Å². The lowest BCUT2D eigenvalue weighted by atomic mass is 9.74. The Morgan fingerprint density at radius 1 is 0.784 bits per heavy atom. The molecule has 3 aromatic carbocycles. The van der Waals surface area contributed by atoms with Gasteiger partial charge < -0.3 is 0 Å². The minimum absolute atomic E-state index is 0.611. The molecule has 204 valence electrons. The number of rotatable bonds is 7. The third kappa shape index (κ3) is 11.3. The molecule has 1 aliphatic rings. The van der Waals surface area contributed by atoms with Crippen molar-refractivity contribution in [3.63, 3.8) is 0 Å². The molecule has 0 heteroatoms. The standard InChI is InChI=1S/C22H34.C11H10.2C2H6/c1-5-7-20-8-10-21(11-9-20)16-17(3)18(4)22-14-12-19(6-2)13-15-22;1-9-6-7-10-4-2-3-5-11(10)8-9;2*1-2/h8-11,17,19,22H,4-7,12-16H2,1-3H3;2-8H,1H3;2*1-2H3. The molecule has 1 unspecified atom stereocenters. The van der Waals surface area contributed by atoms with Crippen LogP contribution in [0.3, 0.4) is 0 Å². The van der Waals surface area contributed by atoms with Crippen molar-refractivity contribution in [3.05, 3.63) is 95.6 Å². The Kier molecular flexibility index (Phi) is 16.6. The molecule has 3 aromatic rings. The first-order chi connectivity index (χ1) is 18.0. The van der Waals surface area contributed by atoms with E-state index in [-0.39, 0.29) is 0 Å². The van der Waals surface area contributed by atoms with Gasteiger partial charge in [-0.15, -0.1) is 0 Å². The van der Waals surface area contributed by atoms with Gasteiger partial charge in [-0.2, -0.15) is 0 Å². The van der Waals surface area contributed by atoms with Gasteiger partial charge in [0.2, 0.25) is 0 Å². The van der Waals surface area contributed by atoms with Crippen LogP contribution in [0.15, 0.2) is 78.9 Å². The average molecular weight is 501 g/mol. The number of fused-ring (bicyclic) bond motifs is 1.